The lowest BCUT2D eigenvalue weighted by Crippen LogP contribution is -2.45. The summed E-state index contributed by atoms with van der Waals surface area (Å²) in [4.78, 5) is 13.9. The largest absolute Gasteiger partial charge is 0.303 e. The third kappa shape index (κ3) is 2.23. The highest BCUT2D eigenvalue weighted by Gasteiger charge is 2.27. The van der Waals surface area contributed by atoms with Gasteiger partial charge in [-0.25, -0.2) is 0 Å². The minimum absolute atomic E-state index is 0.317. The molecule has 0 spiro atoms. The quantitative estimate of drug-likeness (QED) is 0.660. The molecule has 0 aromatic carbocycles. The lowest BCUT2D eigenvalue weighted by Gasteiger charge is -2.37. The van der Waals surface area contributed by atoms with E-state index in [1.165, 1.54) is 26.1 Å². The third-order valence-electron chi connectivity index (χ3n) is 3.15. The van der Waals surface area contributed by atoms with Gasteiger partial charge in [0, 0.05) is 25.8 Å². The second-order valence-corrected chi connectivity index (χ2v) is 5.00. The molecule has 0 bridgehead atoms. The van der Waals surface area contributed by atoms with Crippen LogP contribution in [-0.4, -0.2) is 47.5 Å². The van der Waals surface area contributed by atoms with Gasteiger partial charge in [0.15, 0.2) is 0 Å². The summed E-state index contributed by atoms with van der Waals surface area (Å²) in [7, 11) is 0. The van der Waals surface area contributed by atoms with Crippen LogP contribution in [0.15, 0.2) is 0 Å². The number of hydrogen-bond acceptors (Lipinski definition) is 3. The molecule has 0 aromatic heterocycles. The summed E-state index contributed by atoms with van der Waals surface area (Å²) < 4.78 is 1.92. The van der Waals surface area contributed by atoms with Gasteiger partial charge >= 0.3 is 0 Å². The molecule has 2 fully saturated rings. The minimum Gasteiger partial charge on any atom is -0.303 e. The van der Waals surface area contributed by atoms with Crippen molar-refractivity contribution >= 4 is 17.9 Å². The van der Waals surface area contributed by atoms with E-state index in [2.05, 4.69) is 4.90 Å². The van der Waals surface area contributed by atoms with Crippen molar-refractivity contribution in [3.05, 3.63) is 0 Å². The fraction of sp³-hybridized carbons (Fsp3) is 0.900. The Kier molecular flexibility index (Phi) is 3.34. The van der Waals surface area contributed by atoms with Crippen LogP contribution in [0.4, 0.5) is 0 Å². The Labute approximate surface area is 90.0 Å². The normalized spacial score (nSPS) is 29.1. The Balaban J connectivity index is 1.79. The first-order valence-electron chi connectivity index (χ1n) is 5.36. The lowest BCUT2D eigenvalue weighted by atomic mass is 9.97. The Morgan fingerprint density at radius 1 is 1.50 bits per heavy atom. The van der Waals surface area contributed by atoms with Crippen molar-refractivity contribution in [1.82, 2.24) is 9.21 Å². The number of amides is 1. The van der Waals surface area contributed by atoms with E-state index in [1.54, 1.807) is 11.9 Å². The number of nitrogens with zero attached hydrogens (tertiary/aromatic N) is 2. The molecule has 80 valence electrons. The Bertz CT molecular complexity index is 218. The van der Waals surface area contributed by atoms with Crippen molar-refractivity contribution in [1.29, 1.82) is 0 Å². The molecule has 14 heavy (non-hydrogen) atoms. The maximum Gasteiger partial charge on any atom is 0.232 e. The molecule has 0 aromatic rings. The van der Waals surface area contributed by atoms with E-state index >= 15 is 0 Å². The van der Waals surface area contributed by atoms with E-state index in [-0.39, 0.29) is 0 Å². The molecule has 2 aliphatic heterocycles. The minimum atomic E-state index is 0.317. The zero-order chi connectivity index (χ0) is 9.97. The molecular formula is C10H18N2OS. The number of likely N-dealkylation sites (tertiary alicyclic amines) is 1. The van der Waals surface area contributed by atoms with Crippen LogP contribution in [0.1, 0.15) is 19.3 Å². The molecule has 2 heterocycles. The zero-order valence-corrected chi connectivity index (χ0v) is 9.55. The van der Waals surface area contributed by atoms with Crippen molar-refractivity contribution in [2.75, 3.05) is 32.4 Å². The van der Waals surface area contributed by atoms with Crippen LogP contribution in [0.2, 0.25) is 0 Å². The topological polar surface area (TPSA) is 23.6 Å². The number of carbonyl (C=O) groups excluding carboxylic acids is 1. The summed E-state index contributed by atoms with van der Waals surface area (Å²) >= 11 is 1.58. The van der Waals surface area contributed by atoms with Gasteiger partial charge in [0.25, 0.3) is 0 Å². The van der Waals surface area contributed by atoms with Crippen LogP contribution >= 0.6 is 11.9 Å². The van der Waals surface area contributed by atoms with Gasteiger partial charge in [-0.1, -0.05) is 11.9 Å². The predicted octanol–water partition coefficient (Wildman–Crippen LogP) is 1.21. The summed E-state index contributed by atoms with van der Waals surface area (Å²) in [6.45, 7) is 4.69. The Morgan fingerprint density at radius 3 is 2.86 bits per heavy atom. The summed E-state index contributed by atoms with van der Waals surface area (Å²) in [6, 6.07) is 0. The second kappa shape index (κ2) is 4.53. The fourth-order valence-electron chi connectivity index (χ4n) is 2.13. The van der Waals surface area contributed by atoms with E-state index in [0.29, 0.717) is 11.8 Å². The van der Waals surface area contributed by atoms with Crippen LogP contribution in [0.25, 0.3) is 0 Å². The highest BCUT2D eigenvalue weighted by atomic mass is 32.2. The first kappa shape index (κ1) is 10.3. The molecular weight excluding hydrogens is 196 g/mol. The third-order valence-corrected chi connectivity index (χ3v) is 3.95. The maximum atomic E-state index is 11.4. The van der Waals surface area contributed by atoms with Gasteiger partial charge in [0.2, 0.25) is 5.91 Å². The molecule has 0 N–H and O–H groups in total. The Morgan fingerprint density at radius 2 is 2.29 bits per heavy atom. The first-order valence-corrected chi connectivity index (χ1v) is 6.54. The Hall–Kier alpha value is -0.220. The van der Waals surface area contributed by atoms with E-state index in [1.807, 2.05) is 10.6 Å². The number of carbonyl (C=O) groups is 1. The predicted molar refractivity (Wildman–Crippen MR) is 59.0 cm³/mol. The monoisotopic (exact) mass is 214 g/mol. The summed E-state index contributed by atoms with van der Waals surface area (Å²) in [5.74, 6) is 1.03. The molecule has 1 atom stereocenters. The molecule has 3 nitrogen and oxygen atoms in total. The van der Waals surface area contributed by atoms with Crippen molar-refractivity contribution in [2.45, 2.75) is 19.3 Å². The van der Waals surface area contributed by atoms with Crippen LogP contribution in [0, 0.1) is 5.92 Å². The van der Waals surface area contributed by atoms with Gasteiger partial charge in [-0.15, -0.1) is 0 Å². The average molecular weight is 214 g/mol. The fourth-order valence-corrected chi connectivity index (χ4v) is 2.79. The summed E-state index contributed by atoms with van der Waals surface area (Å²) in [5.41, 5.74) is 0. The smallest absolute Gasteiger partial charge is 0.232 e. The van der Waals surface area contributed by atoms with Gasteiger partial charge in [0.05, 0.1) is 0 Å². The van der Waals surface area contributed by atoms with Crippen LogP contribution in [0.5, 0.6) is 0 Å². The molecule has 0 radical (unpaired) electrons. The number of rotatable bonds is 3. The lowest BCUT2D eigenvalue weighted by molar-refractivity contribution is -0.129. The van der Waals surface area contributed by atoms with E-state index < -0.39 is 0 Å². The van der Waals surface area contributed by atoms with Gasteiger partial charge in [0.1, 0.15) is 0 Å². The molecule has 1 amide bonds. The van der Waals surface area contributed by atoms with Crippen LogP contribution < -0.4 is 0 Å². The molecule has 0 unspecified atom stereocenters. The number of piperidine rings is 1. The average Bonchev–Trinajstić information content (AvgIpc) is 2.14. The molecule has 2 saturated heterocycles. The van der Waals surface area contributed by atoms with Crippen molar-refractivity contribution in [2.24, 2.45) is 5.92 Å². The van der Waals surface area contributed by atoms with E-state index in [4.69, 9.17) is 0 Å². The standard InChI is InChI=1S/C10H18N2OS/c1-14-12-8-9(3-4-10(12)13)7-11-5-2-6-11/h9H,2-8H2,1H3/t9-/m1/s1. The van der Waals surface area contributed by atoms with Crippen LogP contribution in [0.3, 0.4) is 0 Å². The second-order valence-electron chi connectivity index (χ2n) is 4.20. The first-order chi connectivity index (χ1) is 6.79. The van der Waals surface area contributed by atoms with Gasteiger partial charge in [-0.3, -0.25) is 9.10 Å². The highest BCUT2D eigenvalue weighted by Crippen LogP contribution is 2.24. The summed E-state index contributed by atoms with van der Waals surface area (Å²) in [5, 5.41) is 0. The van der Waals surface area contributed by atoms with Gasteiger partial charge in [-0.2, -0.15) is 0 Å². The molecule has 2 rings (SSSR count). The van der Waals surface area contributed by atoms with Crippen molar-refractivity contribution < 1.29 is 4.79 Å². The maximum absolute atomic E-state index is 11.4. The molecule has 0 saturated carbocycles. The van der Waals surface area contributed by atoms with E-state index in [9.17, 15) is 4.79 Å². The van der Waals surface area contributed by atoms with Crippen molar-refractivity contribution in [3.8, 4) is 0 Å². The number of hydrogen-bond donors (Lipinski definition) is 0. The molecule has 4 heteroatoms. The van der Waals surface area contributed by atoms with Gasteiger partial charge in [-0.05, 0) is 31.8 Å². The summed E-state index contributed by atoms with van der Waals surface area (Å²) in [6.07, 6.45) is 5.19. The highest BCUT2D eigenvalue weighted by molar-refractivity contribution is 7.96. The van der Waals surface area contributed by atoms with E-state index in [0.717, 1.165) is 19.4 Å². The zero-order valence-electron chi connectivity index (χ0n) is 8.74. The SMILES string of the molecule is CSN1C[C@@H](CN2CCC2)CCC1=O. The molecule has 0 aliphatic carbocycles. The molecule has 2 aliphatic rings. The van der Waals surface area contributed by atoms with Crippen molar-refractivity contribution in [3.63, 3.8) is 0 Å². The van der Waals surface area contributed by atoms with Gasteiger partial charge < -0.3 is 4.90 Å². The van der Waals surface area contributed by atoms with Crippen LogP contribution in [-0.2, 0) is 4.79 Å².